The summed E-state index contributed by atoms with van der Waals surface area (Å²) < 4.78 is 15.4. The van der Waals surface area contributed by atoms with Crippen LogP contribution in [0.5, 0.6) is 11.5 Å². The van der Waals surface area contributed by atoms with E-state index in [1.165, 1.54) is 6.07 Å². The summed E-state index contributed by atoms with van der Waals surface area (Å²) in [5.41, 5.74) is 0.450. The highest BCUT2D eigenvalue weighted by Gasteiger charge is 2.10. The van der Waals surface area contributed by atoms with Crippen molar-refractivity contribution in [3.05, 3.63) is 52.5 Å². The van der Waals surface area contributed by atoms with Gasteiger partial charge in [0.1, 0.15) is 11.5 Å². The van der Waals surface area contributed by atoms with Crippen molar-refractivity contribution in [3.8, 4) is 11.5 Å². The summed E-state index contributed by atoms with van der Waals surface area (Å²) in [5.74, 6) is 0.0352. The number of carbonyl (C=O) groups excluding carboxylic acids is 2. The summed E-state index contributed by atoms with van der Waals surface area (Å²) in [6.07, 6.45) is 0. The van der Waals surface area contributed by atoms with Crippen LogP contribution in [0.25, 0.3) is 0 Å². The number of rotatable bonds is 8. The summed E-state index contributed by atoms with van der Waals surface area (Å²) in [4.78, 5) is 23.4. The minimum absolute atomic E-state index is 0.310. The number of hydrogen-bond acceptors (Lipinski definition) is 5. The van der Waals surface area contributed by atoms with Gasteiger partial charge in [0.15, 0.2) is 13.2 Å². The van der Waals surface area contributed by atoms with Crippen LogP contribution in [0.4, 0.5) is 5.69 Å². The van der Waals surface area contributed by atoms with Gasteiger partial charge in [0.25, 0.3) is 5.91 Å². The number of halogens is 2. The van der Waals surface area contributed by atoms with Gasteiger partial charge in [-0.1, -0.05) is 23.2 Å². The molecule has 6 nitrogen and oxygen atoms in total. The third kappa shape index (κ3) is 6.46. The van der Waals surface area contributed by atoms with Crippen molar-refractivity contribution < 1.29 is 23.8 Å². The van der Waals surface area contributed by atoms with E-state index in [9.17, 15) is 9.59 Å². The molecule has 8 heteroatoms. The summed E-state index contributed by atoms with van der Waals surface area (Å²) in [7, 11) is 0. The lowest BCUT2D eigenvalue weighted by Crippen LogP contribution is -2.23. The molecule has 0 spiro atoms. The molecule has 26 heavy (non-hydrogen) atoms. The SMILES string of the molecule is CCOc1ccc(OCC(=O)OCC(=O)Nc2ccc(Cl)c(Cl)c2)cc1. The summed E-state index contributed by atoms with van der Waals surface area (Å²) in [5, 5.41) is 3.23. The van der Waals surface area contributed by atoms with Crippen molar-refractivity contribution in [2.45, 2.75) is 6.92 Å². The Morgan fingerprint density at radius 1 is 0.923 bits per heavy atom. The molecule has 138 valence electrons. The molecule has 0 saturated heterocycles. The Kier molecular flexibility index (Phi) is 7.56. The van der Waals surface area contributed by atoms with Crippen molar-refractivity contribution in [2.75, 3.05) is 25.1 Å². The molecule has 1 amide bonds. The van der Waals surface area contributed by atoms with Gasteiger partial charge in [-0.3, -0.25) is 4.79 Å². The number of benzene rings is 2. The van der Waals surface area contributed by atoms with E-state index in [-0.39, 0.29) is 6.61 Å². The van der Waals surface area contributed by atoms with E-state index in [0.29, 0.717) is 33.8 Å². The number of nitrogens with one attached hydrogen (secondary N) is 1. The van der Waals surface area contributed by atoms with E-state index < -0.39 is 18.5 Å². The Morgan fingerprint density at radius 2 is 1.58 bits per heavy atom. The van der Waals surface area contributed by atoms with E-state index >= 15 is 0 Å². The van der Waals surface area contributed by atoms with Crippen LogP contribution in [0.1, 0.15) is 6.92 Å². The molecule has 0 fully saturated rings. The predicted octanol–water partition coefficient (Wildman–Crippen LogP) is 3.95. The molecule has 0 bridgehead atoms. The lowest BCUT2D eigenvalue weighted by atomic mass is 10.3. The number of carbonyl (C=O) groups is 2. The van der Waals surface area contributed by atoms with Crippen LogP contribution in [-0.4, -0.2) is 31.7 Å². The van der Waals surface area contributed by atoms with Crippen LogP contribution in [0, 0.1) is 0 Å². The molecule has 0 aromatic heterocycles. The van der Waals surface area contributed by atoms with Gasteiger partial charge in [-0.2, -0.15) is 0 Å². The first-order valence-corrected chi connectivity index (χ1v) is 8.49. The Morgan fingerprint density at radius 3 is 2.19 bits per heavy atom. The van der Waals surface area contributed by atoms with Gasteiger partial charge in [0.2, 0.25) is 0 Å². The number of ether oxygens (including phenoxy) is 3. The van der Waals surface area contributed by atoms with Crippen LogP contribution >= 0.6 is 23.2 Å². The van der Waals surface area contributed by atoms with Gasteiger partial charge < -0.3 is 19.5 Å². The van der Waals surface area contributed by atoms with Crippen molar-refractivity contribution >= 4 is 40.8 Å². The number of amides is 1. The summed E-state index contributed by atoms with van der Waals surface area (Å²) in [6, 6.07) is 11.5. The molecule has 0 atom stereocenters. The highest BCUT2D eigenvalue weighted by molar-refractivity contribution is 6.42. The normalized spacial score (nSPS) is 10.1. The Labute approximate surface area is 160 Å². The van der Waals surface area contributed by atoms with Crippen LogP contribution in [0.2, 0.25) is 10.0 Å². The van der Waals surface area contributed by atoms with Gasteiger partial charge >= 0.3 is 5.97 Å². The Balaban J connectivity index is 1.72. The molecule has 2 rings (SSSR count). The molecule has 2 aromatic carbocycles. The molecule has 0 saturated carbocycles. The Bertz CT molecular complexity index is 765. The van der Waals surface area contributed by atoms with Crippen LogP contribution < -0.4 is 14.8 Å². The van der Waals surface area contributed by atoms with Gasteiger partial charge in [-0.05, 0) is 49.4 Å². The maximum Gasteiger partial charge on any atom is 0.344 e. The molecule has 0 aliphatic heterocycles. The first-order chi connectivity index (χ1) is 12.5. The number of esters is 1. The average molecular weight is 398 g/mol. The quantitative estimate of drug-likeness (QED) is 0.682. The minimum atomic E-state index is -0.664. The van der Waals surface area contributed by atoms with Gasteiger partial charge in [-0.15, -0.1) is 0 Å². The molecule has 0 aliphatic rings. The van der Waals surface area contributed by atoms with Crippen molar-refractivity contribution in [1.29, 1.82) is 0 Å². The summed E-state index contributed by atoms with van der Waals surface area (Å²) >= 11 is 11.7. The fourth-order valence-electron chi connectivity index (χ4n) is 1.90. The molecule has 1 N–H and O–H groups in total. The lowest BCUT2D eigenvalue weighted by molar-refractivity contribution is -0.149. The van der Waals surface area contributed by atoms with Crippen LogP contribution in [0.15, 0.2) is 42.5 Å². The molecular weight excluding hydrogens is 381 g/mol. The third-order valence-corrected chi connectivity index (χ3v) is 3.80. The van der Waals surface area contributed by atoms with Gasteiger partial charge in [0, 0.05) is 5.69 Å². The van der Waals surface area contributed by atoms with E-state index in [1.54, 1.807) is 36.4 Å². The van der Waals surface area contributed by atoms with Gasteiger partial charge in [-0.25, -0.2) is 4.79 Å². The second-order valence-electron chi connectivity index (χ2n) is 5.03. The molecule has 2 aromatic rings. The van der Waals surface area contributed by atoms with Crippen LogP contribution in [-0.2, 0) is 14.3 Å². The first kappa shape index (κ1) is 19.9. The highest BCUT2D eigenvalue weighted by Crippen LogP contribution is 2.24. The number of hydrogen-bond donors (Lipinski definition) is 1. The molecular formula is C18H17Cl2NO5. The fraction of sp³-hybridized carbons (Fsp3) is 0.222. The summed E-state index contributed by atoms with van der Waals surface area (Å²) in [6.45, 7) is 1.70. The van der Waals surface area contributed by atoms with Crippen molar-refractivity contribution in [3.63, 3.8) is 0 Å². The van der Waals surface area contributed by atoms with E-state index in [2.05, 4.69) is 5.32 Å². The van der Waals surface area contributed by atoms with E-state index in [1.807, 2.05) is 6.92 Å². The van der Waals surface area contributed by atoms with E-state index in [4.69, 9.17) is 37.4 Å². The minimum Gasteiger partial charge on any atom is -0.494 e. The second kappa shape index (κ2) is 9.89. The smallest absolute Gasteiger partial charge is 0.344 e. The molecule has 0 aliphatic carbocycles. The second-order valence-corrected chi connectivity index (χ2v) is 5.85. The monoisotopic (exact) mass is 397 g/mol. The molecule has 0 radical (unpaired) electrons. The predicted molar refractivity (Wildman–Crippen MR) is 99.2 cm³/mol. The molecule has 0 unspecified atom stereocenters. The first-order valence-electron chi connectivity index (χ1n) is 7.74. The highest BCUT2D eigenvalue weighted by atomic mass is 35.5. The standard InChI is InChI=1S/C18H17Cl2NO5/c1-2-24-13-4-6-14(7-5-13)25-11-18(23)26-10-17(22)21-12-3-8-15(19)16(20)9-12/h3-9H,2,10-11H2,1H3,(H,21,22). The largest absolute Gasteiger partial charge is 0.494 e. The zero-order valence-electron chi connectivity index (χ0n) is 14.0. The zero-order chi connectivity index (χ0) is 18.9. The topological polar surface area (TPSA) is 73.9 Å². The zero-order valence-corrected chi connectivity index (χ0v) is 15.5. The van der Waals surface area contributed by atoms with Crippen molar-refractivity contribution in [2.24, 2.45) is 0 Å². The lowest BCUT2D eigenvalue weighted by Gasteiger charge is -2.09. The number of anilines is 1. The van der Waals surface area contributed by atoms with Crippen LogP contribution in [0.3, 0.4) is 0 Å². The average Bonchev–Trinajstić information content (AvgIpc) is 2.63. The third-order valence-electron chi connectivity index (χ3n) is 3.06. The molecule has 0 heterocycles. The van der Waals surface area contributed by atoms with Gasteiger partial charge in [0.05, 0.1) is 16.7 Å². The fourth-order valence-corrected chi connectivity index (χ4v) is 2.20. The Hall–Kier alpha value is -2.44. The maximum absolute atomic E-state index is 11.8. The maximum atomic E-state index is 11.8. The van der Waals surface area contributed by atoms with Crippen molar-refractivity contribution in [1.82, 2.24) is 0 Å². The van der Waals surface area contributed by atoms with E-state index in [0.717, 1.165) is 0 Å².